The Morgan fingerprint density at radius 1 is 1.17 bits per heavy atom. The zero-order valence-electron chi connectivity index (χ0n) is 13.8. The number of hydrogen-bond acceptors (Lipinski definition) is 4. The van der Waals surface area contributed by atoms with Crippen LogP contribution in [0.3, 0.4) is 0 Å². The molecule has 1 spiro atoms. The summed E-state index contributed by atoms with van der Waals surface area (Å²) in [5.41, 5.74) is 4.14. The number of nitrogens with zero attached hydrogens (tertiary/aromatic N) is 4. The van der Waals surface area contributed by atoms with Crippen molar-refractivity contribution in [3.8, 4) is 11.3 Å². The molecule has 0 atom stereocenters. The van der Waals surface area contributed by atoms with E-state index in [2.05, 4.69) is 26.5 Å². The largest absolute Gasteiger partial charge is 0.317 e. The first-order chi connectivity index (χ1) is 11.2. The van der Waals surface area contributed by atoms with E-state index in [1.165, 1.54) is 51.0 Å². The third-order valence-electron chi connectivity index (χ3n) is 5.43. The summed E-state index contributed by atoms with van der Waals surface area (Å²) in [5, 5.41) is 8.18. The van der Waals surface area contributed by atoms with Crippen molar-refractivity contribution in [3.63, 3.8) is 0 Å². The van der Waals surface area contributed by atoms with Gasteiger partial charge in [0.25, 0.3) is 0 Å². The normalized spacial score (nSPS) is 21.1. The summed E-state index contributed by atoms with van der Waals surface area (Å²) in [4.78, 5) is 6.73. The van der Waals surface area contributed by atoms with E-state index in [0.29, 0.717) is 5.41 Å². The van der Waals surface area contributed by atoms with Gasteiger partial charge in [-0.15, -0.1) is 0 Å². The summed E-state index contributed by atoms with van der Waals surface area (Å²) >= 11 is 0. The molecule has 122 valence electrons. The first kappa shape index (κ1) is 14.8. The number of nitrogens with one attached hydrogen (secondary N) is 1. The fourth-order valence-corrected chi connectivity index (χ4v) is 4.17. The van der Waals surface area contributed by atoms with E-state index in [1.54, 1.807) is 0 Å². The lowest BCUT2D eigenvalue weighted by molar-refractivity contribution is 0.194. The fraction of sp³-hybridized carbons (Fsp3) is 0.556. The van der Waals surface area contributed by atoms with Crippen LogP contribution in [0.5, 0.6) is 0 Å². The van der Waals surface area contributed by atoms with Gasteiger partial charge in [0.2, 0.25) is 0 Å². The Balaban J connectivity index is 1.52. The number of hydrogen-bond donors (Lipinski definition) is 1. The van der Waals surface area contributed by atoms with E-state index in [9.17, 15) is 0 Å². The van der Waals surface area contributed by atoms with E-state index in [-0.39, 0.29) is 0 Å². The van der Waals surface area contributed by atoms with E-state index in [0.717, 1.165) is 17.8 Å². The monoisotopic (exact) mass is 311 g/mol. The Morgan fingerprint density at radius 2 is 1.96 bits per heavy atom. The summed E-state index contributed by atoms with van der Waals surface area (Å²) in [7, 11) is 2.01. The molecule has 4 rings (SSSR count). The Kier molecular flexibility index (Phi) is 3.91. The first-order valence-corrected chi connectivity index (χ1v) is 8.60. The fourth-order valence-electron chi connectivity index (χ4n) is 4.17. The smallest absolute Gasteiger partial charge is 0.0969 e. The van der Waals surface area contributed by atoms with Gasteiger partial charge in [0.05, 0.1) is 5.69 Å². The second-order valence-electron chi connectivity index (χ2n) is 7.12. The summed E-state index contributed by atoms with van der Waals surface area (Å²) in [6.07, 6.45) is 9.85. The van der Waals surface area contributed by atoms with Crippen LogP contribution in [0.15, 0.2) is 30.7 Å². The molecule has 0 unspecified atom stereocenters. The minimum Gasteiger partial charge on any atom is -0.317 e. The molecule has 23 heavy (non-hydrogen) atoms. The molecule has 0 bridgehead atoms. The maximum Gasteiger partial charge on any atom is 0.0969 e. The first-order valence-electron chi connectivity index (χ1n) is 8.60. The highest BCUT2D eigenvalue weighted by Gasteiger charge is 2.38. The average Bonchev–Trinajstić information content (AvgIpc) is 3.13. The summed E-state index contributed by atoms with van der Waals surface area (Å²) in [6.45, 7) is 5.82. The van der Waals surface area contributed by atoms with Gasteiger partial charge in [-0.1, -0.05) is 0 Å². The molecule has 2 aromatic rings. The van der Waals surface area contributed by atoms with Gasteiger partial charge < -0.3 is 5.32 Å². The number of likely N-dealkylation sites (tertiary alicyclic amines) is 1. The minimum absolute atomic E-state index is 0.560. The molecule has 2 fully saturated rings. The SMILES string of the molecule is Cn1cc(CN2CCC3(CCNCC3)C2)c(-c2ccncc2)n1. The second-order valence-corrected chi connectivity index (χ2v) is 7.12. The van der Waals surface area contributed by atoms with Crippen molar-refractivity contribution < 1.29 is 0 Å². The van der Waals surface area contributed by atoms with Gasteiger partial charge in [0.1, 0.15) is 0 Å². The lowest BCUT2D eigenvalue weighted by atomic mass is 9.78. The van der Waals surface area contributed by atoms with Gasteiger partial charge in [0.15, 0.2) is 0 Å². The molecule has 0 saturated carbocycles. The van der Waals surface area contributed by atoms with Crippen molar-refractivity contribution in [3.05, 3.63) is 36.3 Å². The third-order valence-corrected chi connectivity index (χ3v) is 5.43. The molecule has 1 N–H and O–H groups in total. The molecule has 2 aromatic heterocycles. The van der Waals surface area contributed by atoms with Gasteiger partial charge in [-0.05, 0) is 56.4 Å². The zero-order chi connectivity index (χ0) is 15.7. The molecular formula is C18H25N5. The number of piperidine rings is 1. The number of pyridine rings is 1. The van der Waals surface area contributed by atoms with Crippen LogP contribution in [0.4, 0.5) is 0 Å². The van der Waals surface area contributed by atoms with Crippen LogP contribution >= 0.6 is 0 Å². The zero-order valence-corrected chi connectivity index (χ0v) is 13.8. The van der Waals surface area contributed by atoms with Crippen LogP contribution in [0.25, 0.3) is 11.3 Å². The Bertz CT molecular complexity index is 657. The summed E-state index contributed by atoms with van der Waals surface area (Å²) in [5.74, 6) is 0. The van der Waals surface area contributed by atoms with Crippen molar-refractivity contribution >= 4 is 0 Å². The predicted octanol–water partition coefficient (Wildman–Crippen LogP) is 2.06. The quantitative estimate of drug-likeness (QED) is 0.942. The molecule has 0 aromatic carbocycles. The van der Waals surface area contributed by atoms with Gasteiger partial charge in [-0.2, -0.15) is 5.10 Å². The number of rotatable bonds is 3. The van der Waals surface area contributed by atoms with Crippen LogP contribution in [0.1, 0.15) is 24.8 Å². The van der Waals surface area contributed by atoms with Gasteiger partial charge >= 0.3 is 0 Å². The summed E-state index contributed by atoms with van der Waals surface area (Å²) < 4.78 is 1.93. The van der Waals surface area contributed by atoms with Crippen LogP contribution < -0.4 is 5.32 Å². The number of aryl methyl sites for hydroxylation is 1. The maximum atomic E-state index is 4.68. The highest BCUT2D eigenvalue weighted by molar-refractivity contribution is 5.61. The standard InChI is InChI=1S/C18H25N5/c1-22-12-16(17(21-22)15-2-7-19-8-3-15)13-23-11-6-18(14-23)4-9-20-10-5-18/h2-3,7-8,12,20H,4-6,9-11,13-14H2,1H3. The van der Waals surface area contributed by atoms with E-state index >= 15 is 0 Å². The van der Waals surface area contributed by atoms with E-state index in [1.807, 2.05) is 36.3 Å². The Morgan fingerprint density at radius 3 is 2.74 bits per heavy atom. The molecule has 5 nitrogen and oxygen atoms in total. The van der Waals surface area contributed by atoms with E-state index < -0.39 is 0 Å². The average molecular weight is 311 g/mol. The number of aromatic nitrogens is 3. The van der Waals surface area contributed by atoms with Gasteiger partial charge in [-0.25, -0.2) is 0 Å². The molecule has 0 amide bonds. The molecular weight excluding hydrogens is 286 g/mol. The third kappa shape index (κ3) is 3.03. The van der Waals surface area contributed by atoms with E-state index in [4.69, 9.17) is 0 Å². The molecule has 0 aliphatic carbocycles. The lowest BCUT2D eigenvalue weighted by Crippen LogP contribution is -2.38. The Labute approximate surface area is 137 Å². The molecule has 2 saturated heterocycles. The predicted molar refractivity (Wildman–Crippen MR) is 90.9 cm³/mol. The highest BCUT2D eigenvalue weighted by Crippen LogP contribution is 2.39. The Hall–Kier alpha value is -1.72. The molecule has 2 aliphatic rings. The van der Waals surface area contributed by atoms with Crippen molar-refractivity contribution in [2.75, 3.05) is 26.2 Å². The molecule has 0 radical (unpaired) electrons. The van der Waals surface area contributed by atoms with Crippen molar-refractivity contribution in [2.24, 2.45) is 12.5 Å². The lowest BCUT2D eigenvalue weighted by Gasteiger charge is -2.33. The van der Waals surface area contributed by atoms with Crippen molar-refractivity contribution in [1.82, 2.24) is 25.0 Å². The minimum atomic E-state index is 0.560. The second kappa shape index (κ2) is 6.06. The topological polar surface area (TPSA) is 46.0 Å². The van der Waals surface area contributed by atoms with Crippen molar-refractivity contribution in [2.45, 2.75) is 25.8 Å². The maximum absolute atomic E-state index is 4.68. The van der Waals surface area contributed by atoms with Gasteiger partial charge in [0, 0.05) is 49.9 Å². The molecule has 2 aliphatic heterocycles. The van der Waals surface area contributed by atoms with Crippen LogP contribution in [0.2, 0.25) is 0 Å². The molecule has 4 heterocycles. The van der Waals surface area contributed by atoms with Crippen molar-refractivity contribution in [1.29, 1.82) is 0 Å². The van der Waals surface area contributed by atoms with Crippen LogP contribution in [-0.2, 0) is 13.6 Å². The molecule has 5 heteroatoms. The highest BCUT2D eigenvalue weighted by atomic mass is 15.3. The van der Waals surface area contributed by atoms with Crippen LogP contribution in [0, 0.1) is 5.41 Å². The summed E-state index contributed by atoms with van der Waals surface area (Å²) in [6, 6.07) is 4.09. The van der Waals surface area contributed by atoms with Crippen LogP contribution in [-0.4, -0.2) is 45.8 Å². The van der Waals surface area contributed by atoms with Gasteiger partial charge in [-0.3, -0.25) is 14.6 Å².